The van der Waals surface area contributed by atoms with Gasteiger partial charge in [0.1, 0.15) is 22.8 Å². The molecule has 0 bridgehead atoms. The van der Waals surface area contributed by atoms with E-state index in [1.165, 1.54) is 0 Å². The number of benzene rings is 2. The van der Waals surface area contributed by atoms with Gasteiger partial charge in [0.25, 0.3) is 22.9 Å². The van der Waals surface area contributed by atoms with Crippen molar-refractivity contribution in [2.24, 2.45) is 0 Å². The molecule has 8 heterocycles. The van der Waals surface area contributed by atoms with Crippen LogP contribution < -0.4 is 11.1 Å². The van der Waals surface area contributed by atoms with Crippen LogP contribution in [0.5, 0.6) is 0 Å². The lowest BCUT2D eigenvalue weighted by molar-refractivity contribution is 0.0575. The van der Waals surface area contributed by atoms with Gasteiger partial charge in [-0.15, -0.1) is 0 Å². The number of hydrogen-bond donors (Lipinski definition) is 0. The molecule has 4 atom stereocenters. The average molecular weight is 859 g/mol. The SMILES string of the molecule is Cc1cn(-c2ccc3n(c2=O)CC2CCC(c4ccc(Cl)c(Cl)c4)N2C3=O)cn1.Cc1cn(-c2ccc3n(c2=O)CC2CCC(c4ccc(Cl)c(Cl)c4)N2C3=O)cn1. The van der Waals surface area contributed by atoms with Crippen molar-refractivity contribution in [2.45, 2.75) is 76.8 Å². The molecule has 58 heavy (non-hydrogen) atoms. The maximum absolute atomic E-state index is 13.3. The van der Waals surface area contributed by atoms with E-state index in [1.54, 1.807) is 79.7 Å². The largest absolute Gasteiger partial charge is 0.326 e. The van der Waals surface area contributed by atoms with Crippen LogP contribution in [0.4, 0.5) is 0 Å². The lowest BCUT2D eigenvalue weighted by Crippen LogP contribution is -2.49. The third-order valence-corrected chi connectivity index (χ3v) is 13.1. The molecule has 2 aromatic carbocycles. The van der Waals surface area contributed by atoms with Gasteiger partial charge in [-0.2, -0.15) is 0 Å². The molecule has 10 rings (SSSR count). The van der Waals surface area contributed by atoms with Gasteiger partial charge < -0.3 is 28.1 Å². The Morgan fingerprint density at radius 1 is 0.534 bits per heavy atom. The zero-order valence-corrected chi connectivity index (χ0v) is 34.4. The Balaban J connectivity index is 0.000000150. The van der Waals surface area contributed by atoms with E-state index < -0.39 is 0 Å². The Hall–Kier alpha value is -5.14. The number of pyridine rings is 2. The van der Waals surface area contributed by atoms with Crippen molar-refractivity contribution < 1.29 is 9.59 Å². The van der Waals surface area contributed by atoms with E-state index in [0.717, 1.165) is 48.2 Å². The van der Waals surface area contributed by atoms with E-state index in [-0.39, 0.29) is 47.1 Å². The predicted molar refractivity (Wildman–Crippen MR) is 222 cm³/mol. The molecule has 6 aromatic rings. The summed E-state index contributed by atoms with van der Waals surface area (Å²) in [6, 6.07) is 17.7. The van der Waals surface area contributed by atoms with Crippen molar-refractivity contribution in [3.8, 4) is 11.4 Å². The first kappa shape index (κ1) is 38.4. The van der Waals surface area contributed by atoms with Gasteiger partial charge in [-0.05, 0) is 99.2 Å². The van der Waals surface area contributed by atoms with Crippen LogP contribution in [0.1, 0.15) is 81.3 Å². The Morgan fingerprint density at radius 3 is 1.31 bits per heavy atom. The molecular weight excluding hydrogens is 822 g/mol. The monoisotopic (exact) mass is 856 g/mol. The molecule has 16 heteroatoms. The van der Waals surface area contributed by atoms with Gasteiger partial charge in [-0.3, -0.25) is 19.2 Å². The van der Waals surface area contributed by atoms with E-state index in [2.05, 4.69) is 9.97 Å². The molecule has 296 valence electrons. The van der Waals surface area contributed by atoms with E-state index in [4.69, 9.17) is 46.4 Å². The van der Waals surface area contributed by atoms with Crippen LogP contribution in [-0.2, 0) is 13.1 Å². The van der Waals surface area contributed by atoms with Gasteiger partial charge in [-0.25, -0.2) is 9.97 Å². The predicted octanol–water partition coefficient (Wildman–Crippen LogP) is 8.02. The zero-order chi connectivity index (χ0) is 40.6. The van der Waals surface area contributed by atoms with E-state index in [1.807, 2.05) is 47.9 Å². The second-order valence-corrected chi connectivity index (χ2v) is 16.8. The van der Waals surface area contributed by atoms with Crippen molar-refractivity contribution in [2.75, 3.05) is 0 Å². The minimum atomic E-state index is -0.175. The summed E-state index contributed by atoms with van der Waals surface area (Å²) in [6.07, 6.45) is 10.1. The van der Waals surface area contributed by atoms with Crippen LogP contribution in [-0.4, -0.2) is 61.9 Å². The van der Waals surface area contributed by atoms with Gasteiger partial charge in [0, 0.05) is 25.5 Å². The first-order chi connectivity index (χ1) is 27.9. The highest BCUT2D eigenvalue weighted by Crippen LogP contribution is 2.43. The van der Waals surface area contributed by atoms with Gasteiger partial charge >= 0.3 is 0 Å². The number of amides is 2. The first-order valence-electron chi connectivity index (χ1n) is 18.9. The average Bonchev–Trinajstić information content (AvgIpc) is 4.03. The summed E-state index contributed by atoms with van der Waals surface area (Å²) in [5, 5.41) is 1.95. The fourth-order valence-electron chi connectivity index (χ4n) is 8.89. The van der Waals surface area contributed by atoms with Crippen LogP contribution in [0, 0.1) is 13.8 Å². The summed E-state index contributed by atoms with van der Waals surface area (Å²) in [4.78, 5) is 65.0. The van der Waals surface area contributed by atoms with Crippen molar-refractivity contribution in [1.29, 1.82) is 0 Å². The normalized spacial score (nSPS) is 20.7. The molecule has 0 saturated carbocycles. The number of hydrogen-bond acceptors (Lipinski definition) is 6. The number of aryl methyl sites for hydroxylation is 2. The topological polar surface area (TPSA) is 120 Å². The van der Waals surface area contributed by atoms with E-state index >= 15 is 0 Å². The number of aromatic nitrogens is 6. The van der Waals surface area contributed by atoms with E-state index in [0.29, 0.717) is 55.9 Å². The number of imidazole rings is 2. The fraction of sp³-hybridized carbons (Fsp3) is 0.286. The Labute approximate surface area is 352 Å². The zero-order valence-electron chi connectivity index (χ0n) is 31.4. The summed E-state index contributed by atoms with van der Waals surface area (Å²) in [7, 11) is 0. The number of nitrogens with zero attached hydrogens (tertiary/aromatic N) is 8. The summed E-state index contributed by atoms with van der Waals surface area (Å²) in [5.74, 6) is -0.249. The maximum atomic E-state index is 13.3. The minimum Gasteiger partial charge on any atom is -0.326 e. The Bertz CT molecular complexity index is 2590. The van der Waals surface area contributed by atoms with Gasteiger partial charge in [-0.1, -0.05) is 58.5 Å². The van der Waals surface area contributed by atoms with Crippen LogP contribution >= 0.6 is 46.4 Å². The van der Waals surface area contributed by atoms with Crippen LogP contribution in [0.15, 0.2) is 95.3 Å². The molecule has 0 radical (unpaired) electrons. The molecule has 2 saturated heterocycles. The lowest BCUT2D eigenvalue weighted by Gasteiger charge is -2.36. The van der Waals surface area contributed by atoms with Crippen molar-refractivity contribution >= 4 is 58.2 Å². The molecule has 0 spiro atoms. The molecule has 0 N–H and O–H groups in total. The Kier molecular flexibility index (Phi) is 9.87. The summed E-state index contributed by atoms with van der Waals surface area (Å²) < 4.78 is 6.61. The van der Waals surface area contributed by atoms with Gasteiger partial charge in [0.2, 0.25) is 0 Å². The molecule has 4 aliphatic rings. The smallest absolute Gasteiger partial charge is 0.275 e. The Morgan fingerprint density at radius 2 is 0.948 bits per heavy atom. The standard InChI is InChI=1S/2C21H18Cl2N4O2/c2*1-12-9-25(11-24-12)18-6-7-19-21(29)27-14(10-26(19)20(18)28)3-5-17(27)13-2-4-15(22)16(23)8-13/h2*2,4,6-9,11,14,17H,3,5,10H2,1H3. The number of carbonyl (C=O) groups is 2. The van der Waals surface area contributed by atoms with Crippen LogP contribution in [0.2, 0.25) is 20.1 Å². The van der Waals surface area contributed by atoms with Crippen molar-refractivity contribution in [1.82, 2.24) is 38.0 Å². The fourth-order valence-corrected chi connectivity index (χ4v) is 9.50. The third kappa shape index (κ3) is 6.56. The van der Waals surface area contributed by atoms with Crippen LogP contribution in [0.3, 0.4) is 0 Å². The molecule has 4 unspecified atom stereocenters. The molecular formula is C42H36Cl4N8O4. The van der Waals surface area contributed by atoms with Crippen molar-refractivity contribution in [3.05, 3.63) is 160 Å². The lowest BCUT2D eigenvalue weighted by atomic mass is 10.0. The highest BCUT2D eigenvalue weighted by atomic mass is 35.5. The van der Waals surface area contributed by atoms with Crippen molar-refractivity contribution in [3.63, 3.8) is 0 Å². The number of halogens is 4. The highest BCUT2D eigenvalue weighted by molar-refractivity contribution is 6.42. The van der Waals surface area contributed by atoms with Gasteiger partial charge in [0.05, 0.1) is 68.3 Å². The molecule has 2 amide bonds. The molecule has 4 aliphatic heterocycles. The molecule has 12 nitrogen and oxygen atoms in total. The van der Waals surface area contributed by atoms with E-state index in [9.17, 15) is 19.2 Å². The highest BCUT2D eigenvalue weighted by Gasteiger charge is 2.44. The molecule has 4 aromatic heterocycles. The number of fused-ring (bicyclic) bond motifs is 4. The quantitative estimate of drug-likeness (QED) is 0.177. The summed E-state index contributed by atoms with van der Waals surface area (Å²) in [5.41, 5.74) is 5.07. The number of carbonyl (C=O) groups excluding carboxylic acids is 2. The number of rotatable bonds is 4. The summed E-state index contributed by atoms with van der Waals surface area (Å²) in [6.45, 7) is 4.71. The second kappa shape index (κ2) is 14.9. The first-order valence-corrected chi connectivity index (χ1v) is 20.4. The molecule has 0 aliphatic carbocycles. The summed E-state index contributed by atoms with van der Waals surface area (Å²) >= 11 is 24.5. The van der Waals surface area contributed by atoms with Crippen LogP contribution in [0.25, 0.3) is 11.4 Å². The second-order valence-electron chi connectivity index (χ2n) is 15.1. The van der Waals surface area contributed by atoms with Gasteiger partial charge in [0.15, 0.2) is 0 Å². The maximum Gasteiger partial charge on any atom is 0.275 e. The minimum absolute atomic E-state index is 0.0214. The third-order valence-electron chi connectivity index (χ3n) is 11.6. The molecule has 2 fully saturated rings.